The van der Waals surface area contributed by atoms with Gasteiger partial charge in [-0.1, -0.05) is 0 Å². The molecule has 0 unspecified atom stereocenters. The highest BCUT2D eigenvalue weighted by atomic mass is 32.2. The highest BCUT2D eigenvalue weighted by Gasteiger charge is 2.25. The van der Waals surface area contributed by atoms with Crippen molar-refractivity contribution in [2.45, 2.75) is 9.79 Å². The van der Waals surface area contributed by atoms with Crippen molar-refractivity contribution < 1.29 is 45.7 Å². The van der Waals surface area contributed by atoms with Crippen molar-refractivity contribution in [3.8, 4) is 11.5 Å². The third kappa shape index (κ3) is 6.28. The highest BCUT2D eigenvalue weighted by molar-refractivity contribution is 7.86. The lowest BCUT2D eigenvalue weighted by Crippen LogP contribution is -2.02. The van der Waals surface area contributed by atoms with E-state index in [4.69, 9.17) is 10.5 Å². The first kappa shape index (κ1) is 29.0. The number of carbonyl (C=O) groups is 1. The van der Waals surface area contributed by atoms with Crippen LogP contribution in [-0.2, 0) is 20.2 Å². The van der Waals surface area contributed by atoms with Gasteiger partial charge < -0.3 is 20.7 Å². The maximum Gasteiger partial charge on any atom is 0.338 e. The minimum absolute atomic E-state index is 0.131. The number of phenols is 1. The molecule has 0 amide bonds. The summed E-state index contributed by atoms with van der Waals surface area (Å²) >= 11 is 0. The Balaban J connectivity index is 1.80. The van der Waals surface area contributed by atoms with Gasteiger partial charge in [-0.2, -0.15) is 27.1 Å². The van der Waals surface area contributed by atoms with Crippen LogP contribution in [0.5, 0.6) is 11.5 Å². The standard InChI is InChI=1S/C24H19N5O10S2/c1-39-15-5-2-13(3-6-15)26-27-14-4-7-19(17(10-14)24(31)32)28-29-22-20(41(36,37)38)9-12-8-16(40(33,34)35)11-18(25)21(12)23(22)30/h2-11,30H,25H2,1H3,(H,31,32)(H,33,34,35)(H,36,37,38). The van der Waals surface area contributed by atoms with E-state index in [9.17, 15) is 40.9 Å². The second-order valence-electron chi connectivity index (χ2n) is 8.24. The predicted molar refractivity (Wildman–Crippen MR) is 144 cm³/mol. The van der Waals surface area contributed by atoms with Crippen molar-refractivity contribution in [2.75, 3.05) is 12.8 Å². The van der Waals surface area contributed by atoms with Crippen LogP contribution < -0.4 is 10.5 Å². The summed E-state index contributed by atoms with van der Waals surface area (Å²) in [5.41, 5.74) is 4.53. The molecule has 0 atom stereocenters. The van der Waals surface area contributed by atoms with Crippen molar-refractivity contribution in [1.82, 2.24) is 0 Å². The summed E-state index contributed by atoms with van der Waals surface area (Å²) in [6.45, 7) is 0. The van der Waals surface area contributed by atoms with Gasteiger partial charge in [-0.25, -0.2) is 4.79 Å². The van der Waals surface area contributed by atoms with E-state index in [2.05, 4.69) is 20.5 Å². The van der Waals surface area contributed by atoms with Gasteiger partial charge in [0.25, 0.3) is 20.2 Å². The summed E-state index contributed by atoms with van der Waals surface area (Å²) < 4.78 is 71.4. The van der Waals surface area contributed by atoms with Gasteiger partial charge in [0, 0.05) is 11.1 Å². The molecule has 6 N–H and O–H groups in total. The van der Waals surface area contributed by atoms with Gasteiger partial charge in [0.05, 0.1) is 28.9 Å². The molecule has 4 rings (SSSR count). The number of azo groups is 2. The molecular formula is C24H19N5O10S2. The number of ether oxygens (including phenoxy) is 1. The van der Waals surface area contributed by atoms with E-state index in [-0.39, 0.29) is 27.8 Å². The maximum absolute atomic E-state index is 12.1. The number of nitrogens with zero attached hydrogens (tertiary/aromatic N) is 4. The zero-order chi connectivity index (χ0) is 30.1. The van der Waals surface area contributed by atoms with Gasteiger partial charge in [0.15, 0.2) is 5.75 Å². The molecule has 0 aliphatic rings. The Hall–Kier alpha value is -4.97. The molecule has 212 valence electrons. The van der Waals surface area contributed by atoms with Crippen LogP contribution in [0.1, 0.15) is 10.4 Å². The SMILES string of the molecule is COc1ccc(N=Nc2ccc(N=Nc3c(S(=O)(=O)O)cc4cc(S(=O)(=O)O)cc(N)c4c3O)c(C(=O)O)c2)cc1. The lowest BCUT2D eigenvalue weighted by Gasteiger charge is -2.12. The quantitative estimate of drug-likeness (QED) is 0.100. The molecule has 4 aromatic rings. The second kappa shape index (κ2) is 10.9. The Morgan fingerprint density at radius 3 is 2.05 bits per heavy atom. The number of benzene rings is 4. The molecule has 0 aromatic heterocycles. The molecule has 0 heterocycles. The van der Waals surface area contributed by atoms with E-state index in [1.165, 1.54) is 19.2 Å². The molecule has 0 saturated carbocycles. The largest absolute Gasteiger partial charge is 0.505 e. The van der Waals surface area contributed by atoms with Gasteiger partial charge in [-0.05, 0) is 66.0 Å². The number of fused-ring (bicyclic) bond motifs is 1. The first-order chi connectivity index (χ1) is 19.2. The van der Waals surface area contributed by atoms with Crippen LogP contribution in [0.25, 0.3) is 10.8 Å². The molecule has 0 saturated heterocycles. The average molecular weight is 602 g/mol. The molecule has 0 bridgehead atoms. The van der Waals surface area contributed by atoms with E-state index in [1.807, 2.05) is 0 Å². The number of hydrogen-bond donors (Lipinski definition) is 5. The fraction of sp³-hybridized carbons (Fsp3) is 0.0417. The zero-order valence-electron chi connectivity index (χ0n) is 20.7. The van der Waals surface area contributed by atoms with E-state index in [0.717, 1.165) is 24.3 Å². The monoisotopic (exact) mass is 601 g/mol. The van der Waals surface area contributed by atoms with Crippen molar-refractivity contribution in [1.29, 1.82) is 0 Å². The number of nitrogen functional groups attached to an aromatic ring is 1. The summed E-state index contributed by atoms with van der Waals surface area (Å²) in [6, 6.07) is 12.6. The number of anilines is 1. The number of rotatable bonds is 8. The normalized spacial score (nSPS) is 12.4. The lowest BCUT2D eigenvalue weighted by atomic mass is 10.1. The van der Waals surface area contributed by atoms with Crippen molar-refractivity contribution >= 4 is 65.4 Å². The average Bonchev–Trinajstić information content (AvgIpc) is 2.90. The minimum atomic E-state index is -5.10. The number of methoxy groups -OCH3 is 1. The number of carboxylic acid groups (broad SMARTS) is 1. The van der Waals surface area contributed by atoms with Crippen LogP contribution in [-0.4, -0.2) is 49.2 Å². The molecule has 0 aliphatic carbocycles. The molecule has 0 radical (unpaired) electrons. The first-order valence-corrected chi connectivity index (χ1v) is 14.0. The second-order valence-corrected chi connectivity index (χ2v) is 11.0. The predicted octanol–water partition coefficient (Wildman–Crippen LogP) is 5.16. The topological polar surface area (TPSA) is 251 Å². The summed E-state index contributed by atoms with van der Waals surface area (Å²) in [6.07, 6.45) is 0. The van der Waals surface area contributed by atoms with Crippen LogP contribution in [0.15, 0.2) is 90.9 Å². The van der Waals surface area contributed by atoms with Crippen molar-refractivity contribution in [3.05, 3.63) is 66.2 Å². The summed E-state index contributed by atoms with van der Waals surface area (Å²) in [5, 5.41) is 35.4. The number of aromatic hydroxyl groups is 1. The van der Waals surface area contributed by atoms with Crippen LogP contribution in [0.3, 0.4) is 0 Å². The Morgan fingerprint density at radius 2 is 1.46 bits per heavy atom. The maximum atomic E-state index is 12.1. The molecule has 41 heavy (non-hydrogen) atoms. The Bertz CT molecular complexity index is 1970. The molecular weight excluding hydrogens is 582 g/mol. The van der Waals surface area contributed by atoms with Crippen molar-refractivity contribution in [3.63, 3.8) is 0 Å². The molecule has 0 aliphatic heterocycles. The lowest BCUT2D eigenvalue weighted by molar-refractivity contribution is 0.0697. The van der Waals surface area contributed by atoms with Crippen molar-refractivity contribution in [2.24, 2.45) is 20.5 Å². The van der Waals surface area contributed by atoms with Gasteiger partial charge in [-0.15, -0.1) is 10.2 Å². The number of hydrogen-bond acceptors (Lipinski definition) is 12. The smallest absolute Gasteiger partial charge is 0.338 e. The first-order valence-electron chi connectivity index (χ1n) is 11.1. The van der Waals surface area contributed by atoms with Crippen LogP contribution in [0.4, 0.5) is 28.4 Å². The Morgan fingerprint density at radius 1 is 0.829 bits per heavy atom. The number of aromatic carboxylic acids is 1. The van der Waals surface area contributed by atoms with Crippen LogP contribution in [0, 0.1) is 0 Å². The number of carboxylic acids is 1. The molecule has 15 nitrogen and oxygen atoms in total. The molecule has 4 aromatic carbocycles. The third-order valence-corrected chi connectivity index (χ3v) is 7.25. The molecule has 17 heteroatoms. The van der Waals surface area contributed by atoms with E-state index in [0.29, 0.717) is 11.4 Å². The summed E-state index contributed by atoms with van der Waals surface area (Å²) in [5.74, 6) is -1.76. The van der Waals surface area contributed by atoms with Gasteiger partial charge >= 0.3 is 5.97 Å². The van der Waals surface area contributed by atoms with Gasteiger partial charge in [-0.3, -0.25) is 9.11 Å². The number of phenolic OH excluding ortho intramolecular Hbond substituents is 1. The van der Waals surface area contributed by atoms with Crippen LogP contribution >= 0.6 is 0 Å². The van der Waals surface area contributed by atoms with E-state index >= 15 is 0 Å². The summed E-state index contributed by atoms with van der Waals surface area (Å²) in [4.78, 5) is 10.2. The summed E-state index contributed by atoms with van der Waals surface area (Å²) in [7, 11) is -8.36. The third-order valence-electron chi connectivity index (χ3n) is 5.55. The van der Waals surface area contributed by atoms with E-state index < -0.39 is 53.0 Å². The van der Waals surface area contributed by atoms with Gasteiger partial charge in [0.2, 0.25) is 0 Å². The number of nitrogens with two attached hydrogens (primary N) is 1. The van der Waals surface area contributed by atoms with Crippen LogP contribution in [0.2, 0.25) is 0 Å². The molecule has 0 spiro atoms. The molecule has 0 fully saturated rings. The minimum Gasteiger partial charge on any atom is -0.505 e. The van der Waals surface area contributed by atoms with E-state index in [1.54, 1.807) is 24.3 Å². The van der Waals surface area contributed by atoms with Gasteiger partial charge in [0.1, 0.15) is 22.0 Å². The highest BCUT2D eigenvalue weighted by Crippen LogP contribution is 2.44. The fourth-order valence-corrected chi connectivity index (χ4v) is 4.86. The zero-order valence-corrected chi connectivity index (χ0v) is 22.3. The Labute approximate surface area is 231 Å². The fourth-order valence-electron chi connectivity index (χ4n) is 3.65. The Kier molecular flexibility index (Phi) is 7.71.